The summed E-state index contributed by atoms with van der Waals surface area (Å²) in [7, 11) is 2.17. The number of nitrogens with one attached hydrogen (secondary N) is 1. The lowest BCUT2D eigenvalue weighted by molar-refractivity contribution is 0.311. The lowest BCUT2D eigenvalue weighted by Gasteiger charge is -2.32. The monoisotopic (exact) mass is 339 g/mol. The van der Waals surface area contributed by atoms with Crippen LogP contribution >= 0.6 is 0 Å². The summed E-state index contributed by atoms with van der Waals surface area (Å²) < 4.78 is 0. The number of hydrogen-bond donors (Lipinski definition) is 1. The zero-order chi connectivity index (χ0) is 17.5. The SMILES string of the molecule is CCCCCNc1cc(-c2ccccc2)nc(N2CCN(C)CC2)n1. The maximum atomic E-state index is 4.85. The summed E-state index contributed by atoms with van der Waals surface area (Å²) in [4.78, 5) is 14.3. The van der Waals surface area contributed by atoms with Gasteiger partial charge >= 0.3 is 0 Å². The van der Waals surface area contributed by atoms with Crippen molar-refractivity contribution >= 4 is 11.8 Å². The van der Waals surface area contributed by atoms with Crippen LogP contribution in [0.1, 0.15) is 26.2 Å². The molecule has 0 spiro atoms. The van der Waals surface area contributed by atoms with Gasteiger partial charge in [0, 0.05) is 44.4 Å². The van der Waals surface area contributed by atoms with Crippen LogP contribution in [0.25, 0.3) is 11.3 Å². The number of anilines is 2. The minimum absolute atomic E-state index is 0.840. The number of benzene rings is 1. The highest BCUT2D eigenvalue weighted by Gasteiger charge is 2.18. The molecule has 2 aromatic rings. The summed E-state index contributed by atoms with van der Waals surface area (Å²) in [6.45, 7) is 7.25. The molecule has 1 saturated heterocycles. The normalized spacial score (nSPS) is 15.4. The second-order valence-electron chi connectivity index (χ2n) is 6.73. The number of hydrogen-bond acceptors (Lipinski definition) is 5. The summed E-state index contributed by atoms with van der Waals surface area (Å²) in [6.07, 6.45) is 3.65. The summed E-state index contributed by atoms with van der Waals surface area (Å²) in [6, 6.07) is 12.4. The maximum Gasteiger partial charge on any atom is 0.227 e. The summed E-state index contributed by atoms with van der Waals surface area (Å²) in [5, 5.41) is 3.49. The van der Waals surface area contributed by atoms with Crippen molar-refractivity contribution in [3.63, 3.8) is 0 Å². The first kappa shape index (κ1) is 17.7. The highest BCUT2D eigenvalue weighted by Crippen LogP contribution is 2.23. The van der Waals surface area contributed by atoms with Crippen LogP contribution in [0.15, 0.2) is 36.4 Å². The van der Waals surface area contributed by atoms with Crippen LogP contribution < -0.4 is 10.2 Å². The molecule has 1 aromatic carbocycles. The van der Waals surface area contributed by atoms with Crippen LogP contribution in [0.2, 0.25) is 0 Å². The highest BCUT2D eigenvalue weighted by atomic mass is 15.3. The summed E-state index contributed by atoms with van der Waals surface area (Å²) in [5.74, 6) is 1.77. The van der Waals surface area contributed by atoms with Crippen molar-refractivity contribution in [3.05, 3.63) is 36.4 Å². The van der Waals surface area contributed by atoms with E-state index < -0.39 is 0 Å². The third-order valence-corrected chi connectivity index (χ3v) is 4.66. The topological polar surface area (TPSA) is 44.3 Å². The molecule has 0 bridgehead atoms. The van der Waals surface area contributed by atoms with Gasteiger partial charge < -0.3 is 15.1 Å². The molecule has 1 aliphatic heterocycles. The summed E-state index contributed by atoms with van der Waals surface area (Å²) >= 11 is 0. The van der Waals surface area contributed by atoms with Gasteiger partial charge in [0.1, 0.15) is 5.82 Å². The van der Waals surface area contributed by atoms with E-state index in [0.717, 1.165) is 55.7 Å². The van der Waals surface area contributed by atoms with E-state index in [-0.39, 0.29) is 0 Å². The quantitative estimate of drug-likeness (QED) is 0.782. The molecule has 0 radical (unpaired) electrons. The van der Waals surface area contributed by atoms with Gasteiger partial charge in [-0.25, -0.2) is 4.98 Å². The largest absolute Gasteiger partial charge is 0.370 e. The number of likely N-dealkylation sites (N-methyl/N-ethyl adjacent to an activating group) is 1. The van der Waals surface area contributed by atoms with E-state index in [4.69, 9.17) is 9.97 Å². The van der Waals surface area contributed by atoms with E-state index in [9.17, 15) is 0 Å². The van der Waals surface area contributed by atoms with Crippen molar-refractivity contribution in [2.75, 3.05) is 50.0 Å². The first-order valence-electron chi connectivity index (χ1n) is 9.38. The second-order valence-corrected chi connectivity index (χ2v) is 6.73. The van der Waals surface area contributed by atoms with Gasteiger partial charge in [0.2, 0.25) is 5.95 Å². The Hall–Kier alpha value is -2.14. The average Bonchev–Trinajstić information content (AvgIpc) is 2.66. The number of rotatable bonds is 7. The third kappa shape index (κ3) is 4.92. The van der Waals surface area contributed by atoms with E-state index in [1.165, 1.54) is 19.3 Å². The molecular formula is C20H29N5. The first-order valence-corrected chi connectivity index (χ1v) is 9.38. The minimum atomic E-state index is 0.840. The third-order valence-electron chi connectivity index (χ3n) is 4.66. The van der Waals surface area contributed by atoms with Crippen molar-refractivity contribution in [2.45, 2.75) is 26.2 Å². The lowest BCUT2D eigenvalue weighted by atomic mass is 10.1. The number of piperazine rings is 1. The Bertz CT molecular complexity index is 650. The van der Waals surface area contributed by atoms with Crippen LogP contribution in [-0.4, -0.2) is 54.6 Å². The number of nitrogens with zero attached hydrogens (tertiary/aromatic N) is 4. The molecule has 0 amide bonds. The van der Waals surface area contributed by atoms with Gasteiger partial charge in [-0.15, -0.1) is 0 Å². The average molecular weight is 339 g/mol. The first-order chi connectivity index (χ1) is 12.3. The Labute approximate surface area is 151 Å². The fraction of sp³-hybridized carbons (Fsp3) is 0.500. The molecule has 1 fully saturated rings. The van der Waals surface area contributed by atoms with Crippen molar-refractivity contribution in [1.29, 1.82) is 0 Å². The van der Waals surface area contributed by atoms with Crippen LogP contribution in [0.5, 0.6) is 0 Å². The zero-order valence-corrected chi connectivity index (χ0v) is 15.4. The molecule has 25 heavy (non-hydrogen) atoms. The van der Waals surface area contributed by atoms with Crippen LogP contribution in [0.4, 0.5) is 11.8 Å². The molecule has 3 rings (SSSR count). The van der Waals surface area contributed by atoms with E-state index >= 15 is 0 Å². The molecule has 1 aromatic heterocycles. The predicted molar refractivity (Wildman–Crippen MR) is 105 cm³/mol. The predicted octanol–water partition coefficient (Wildman–Crippen LogP) is 3.50. The van der Waals surface area contributed by atoms with Gasteiger partial charge in [-0.05, 0) is 13.5 Å². The number of aromatic nitrogens is 2. The molecule has 0 saturated carbocycles. The zero-order valence-electron chi connectivity index (χ0n) is 15.4. The fourth-order valence-electron chi connectivity index (χ4n) is 3.02. The lowest BCUT2D eigenvalue weighted by Crippen LogP contribution is -2.45. The van der Waals surface area contributed by atoms with Crippen molar-refractivity contribution in [2.24, 2.45) is 0 Å². The minimum Gasteiger partial charge on any atom is -0.370 e. The highest BCUT2D eigenvalue weighted by molar-refractivity contribution is 5.64. The Balaban J connectivity index is 1.83. The van der Waals surface area contributed by atoms with Crippen molar-refractivity contribution in [3.8, 4) is 11.3 Å². The molecule has 5 heteroatoms. The Kier molecular flexibility index (Phi) is 6.23. The molecule has 1 N–H and O–H groups in total. The second kappa shape index (κ2) is 8.81. The molecule has 0 aliphatic carbocycles. The molecule has 0 atom stereocenters. The van der Waals surface area contributed by atoms with Gasteiger partial charge in [0.15, 0.2) is 0 Å². The van der Waals surface area contributed by atoms with Gasteiger partial charge in [-0.1, -0.05) is 50.1 Å². The smallest absolute Gasteiger partial charge is 0.227 e. The Morgan fingerprint density at radius 1 is 1.00 bits per heavy atom. The summed E-state index contributed by atoms with van der Waals surface area (Å²) in [5.41, 5.74) is 2.12. The van der Waals surface area contributed by atoms with Gasteiger partial charge in [-0.3, -0.25) is 0 Å². The van der Waals surface area contributed by atoms with E-state index in [1.807, 2.05) is 6.07 Å². The molecule has 2 heterocycles. The fourth-order valence-corrected chi connectivity index (χ4v) is 3.02. The van der Waals surface area contributed by atoms with Gasteiger partial charge in [0.25, 0.3) is 0 Å². The van der Waals surface area contributed by atoms with E-state index in [2.05, 4.69) is 59.4 Å². The van der Waals surface area contributed by atoms with Crippen LogP contribution in [-0.2, 0) is 0 Å². The van der Waals surface area contributed by atoms with Gasteiger partial charge in [0.05, 0.1) is 5.69 Å². The Morgan fingerprint density at radius 3 is 2.48 bits per heavy atom. The van der Waals surface area contributed by atoms with Crippen molar-refractivity contribution in [1.82, 2.24) is 14.9 Å². The number of unbranched alkanes of at least 4 members (excludes halogenated alkanes) is 2. The van der Waals surface area contributed by atoms with E-state index in [1.54, 1.807) is 0 Å². The van der Waals surface area contributed by atoms with Crippen LogP contribution in [0.3, 0.4) is 0 Å². The maximum absolute atomic E-state index is 4.85. The van der Waals surface area contributed by atoms with E-state index in [0.29, 0.717) is 0 Å². The van der Waals surface area contributed by atoms with Gasteiger partial charge in [-0.2, -0.15) is 4.98 Å². The van der Waals surface area contributed by atoms with Crippen LogP contribution in [0, 0.1) is 0 Å². The molecule has 134 valence electrons. The van der Waals surface area contributed by atoms with Crippen molar-refractivity contribution < 1.29 is 0 Å². The molecular weight excluding hydrogens is 310 g/mol. The standard InChI is InChI=1S/C20H29N5/c1-3-4-8-11-21-19-16-18(17-9-6-5-7-10-17)22-20(23-19)25-14-12-24(2)13-15-25/h5-7,9-10,16H,3-4,8,11-15H2,1-2H3,(H,21,22,23). The molecule has 0 unspecified atom stereocenters. The Morgan fingerprint density at radius 2 is 1.76 bits per heavy atom. The molecule has 1 aliphatic rings. The molecule has 5 nitrogen and oxygen atoms in total.